The predicted molar refractivity (Wildman–Crippen MR) is 60.1 cm³/mol. The molecule has 1 aliphatic rings. The summed E-state index contributed by atoms with van der Waals surface area (Å²) in [6.07, 6.45) is 1.84. The average molecular weight is 212 g/mol. The fourth-order valence-electron chi connectivity index (χ4n) is 2.57. The van der Waals surface area contributed by atoms with Gasteiger partial charge in [-0.15, -0.1) is 0 Å². The van der Waals surface area contributed by atoms with Crippen LogP contribution in [-0.4, -0.2) is 46.4 Å². The molecule has 0 aliphatic carbocycles. The molecular weight excluding hydrogens is 191 g/mol. The van der Waals surface area contributed by atoms with Crippen LogP contribution in [-0.2, 0) is 14.2 Å². The molecule has 1 heterocycles. The Hall–Kier alpha value is -0.0551. The lowest BCUT2D eigenvalue weighted by Gasteiger charge is -2.33. The van der Waals surface area contributed by atoms with E-state index in [0.717, 1.165) is 12.8 Å². The molecule has 1 saturated heterocycles. The third-order valence-electron chi connectivity index (χ3n) is 3.41. The van der Waals surface area contributed by atoms with E-state index in [1.165, 1.54) is 0 Å². The van der Waals surface area contributed by atoms with Gasteiger partial charge in [0.25, 0.3) is 0 Å². The predicted octanol–water partition coefficient (Wildman–Crippen LogP) is 1.35. The van der Waals surface area contributed by atoms with E-state index in [2.05, 4.69) is 13.8 Å². The molecule has 3 nitrogen and oxygen atoms in total. The first-order valence-corrected chi connectivity index (χ1v) is 5.60. The van der Waals surface area contributed by atoms with E-state index in [9.17, 15) is 0 Å². The smallest absolute Gasteiger partial charge is 0.117 e. The summed E-state index contributed by atoms with van der Waals surface area (Å²) >= 11 is 0. The maximum atomic E-state index is 5.98. The molecule has 15 heavy (non-hydrogen) atoms. The lowest BCUT2D eigenvalue weighted by Crippen LogP contribution is -2.46. The molecule has 0 unspecified atom stereocenters. The quantitative estimate of drug-likeness (QED) is 0.644. The summed E-state index contributed by atoms with van der Waals surface area (Å²) in [5.74, 6) is 0.255. The lowest BCUT2D eigenvalue weighted by atomic mass is 9.79. The first-order valence-electron chi connectivity index (χ1n) is 5.60. The van der Waals surface area contributed by atoms with Crippen molar-refractivity contribution in [3.63, 3.8) is 0 Å². The minimum atomic E-state index is -0.371. The van der Waals surface area contributed by atoms with Gasteiger partial charge in [-0.25, -0.2) is 0 Å². The van der Waals surface area contributed by atoms with Gasteiger partial charge in [-0.3, -0.25) is 0 Å². The first-order chi connectivity index (χ1) is 7.15. The maximum Gasteiger partial charge on any atom is 0.117 e. The Labute approximate surface area is 93.9 Å². The third-order valence-corrected chi connectivity index (χ3v) is 3.41. The summed E-state index contributed by atoms with van der Waals surface area (Å²) in [7, 11) is 9.38. The molecule has 1 rings (SSSR count). The van der Waals surface area contributed by atoms with Crippen molar-refractivity contribution in [1.29, 1.82) is 0 Å². The molecule has 0 aromatic heterocycles. The summed E-state index contributed by atoms with van der Waals surface area (Å²) in [5, 5.41) is 0. The van der Waals surface area contributed by atoms with Crippen molar-refractivity contribution in [2.75, 3.05) is 20.8 Å². The van der Waals surface area contributed by atoms with Gasteiger partial charge in [-0.1, -0.05) is 13.8 Å². The van der Waals surface area contributed by atoms with Gasteiger partial charge in [0.15, 0.2) is 0 Å². The molecule has 0 spiro atoms. The van der Waals surface area contributed by atoms with Gasteiger partial charge in [-0.05, 0) is 12.8 Å². The summed E-state index contributed by atoms with van der Waals surface area (Å²) in [6, 6.07) is -0.241. The standard InChI is InChI=1S/C11H21BO3/c1-5-8-9(14-4)11(6-2,7-13-3)15-10(8)12/h8-10H,5-7H2,1-4H3/t8-,9+,10-,11-/m1/s1. The summed E-state index contributed by atoms with van der Waals surface area (Å²) in [5.41, 5.74) is -0.371. The molecule has 4 atom stereocenters. The van der Waals surface area contributed by atoms with E-state index in [-0.39, 0.29) is 23.6 Å². The van der Waals surface area contributed by atoms with Crippen molar-refractivity contribution in [2.45, 2.75) is 44.4 Å². The zero-order chi connectivity index (χ0) is 11.5. The van der Waals surface area contributed by atoms with Crippen LogP contribution < -0.4 is 0 Å². The Morgan fingerprint density at radius 3 is 2.40 bits per heavy atom. The van der Waals surface area contributed by atoms with Crippen molar-refractivity contribution < 1.29 is 14.2 Å². The molecule has 2 radical (unpaired) electrons. The second-order valence-electron chi connectivity index (χ2n) is 4.16. The van der Waals surface area contributed by atoms with E-state index >= 15 is 0 Å². The number of ether oxygens (including phenoxy) is 3. The van der Waals surface area contributed by atoms with Crippen LogP contribution in [0.5, 0.6) is 0 Å². The lowest BCUT2D eigenvalue weighted by molar-refractivity contribution is -0.119. The highest BCUT2D eigenvalue weighted by atomic mass is 16.6. The minimum Gasteiger partial charge on any atom is -0.382 e. The first kappa shape index (κ1) is 13.0. The second-order valence-corrected chi connectivity index (χ2v) is 4.16. The van der Waals surface area contributed by atoms with Crippen molar-refractivity contribution in [1.82, 2.24) is 0 Å². The Morgan fingerprint density at radius 1 is 1.33 bits per heavy atom. The van der Waals surface area contributed by atoms with Crippen LogP contribution in [0.1, 0.15) is 26.7 Å². The van der Waals surface area contributed by atoms with Crippen molar-refractivity contribution >= 4 is 7.85 Å². The van der Waals surface area contributed by atoms with Crippen LogP contribution in [0, 0.1) is 5.92 Å². The van der Waals surface area contributed by atoms with Crippen molar-refractivity contribution in [3.05, 3.63) is 0 Å². The number of hydrogen-bond acceptors (Lipinski definition) is 3. The van der Waals surface area contributed by atoms with Gasteiger partial charge >= 0.3 is 0 Å². The highest BCUT2D eigenvalue weighted by Gasteiger charge is 2.51. The van der Waals surface area contributed by atoms with Crippen LogP contribution in [0.4, 0.5) is 0 Å². The van der Waals surface area contributed by atoms with Gasteiger partial charge in [-0.2, -0.15) is 0 Å². The van der Waals surface area contributed by atoms with Gasteiger partial charge in [0, 0.05) is 26.1 Å². The van der Waals surface area contributed by atoms with E-state index in [0.29, 0.717) is 6.61 Å². The van der Waals surface area contributed by atoms with Crippen LogP contribution in [0.2, 0.25) is 0 Å². The zero-order valence-corrected chi connectivity index (χ0v) is 10.2. The van der Waals surface area contributed by atoms with Crippen molar-refractivity contribution in [3.8, 4) is 0 Å². The second kappa shape index (κ2) is 5.33. The van der Waals surface area contributed by atoms with Gasteiger partial charge in [0.2, 0.25) is 0 Å². The SMILES string of the molecule is [B][C@@H]1O[C@](CC)(COC)[C@@H](OC)[C@H]1CC. The maximum absolute atomic E-state index is 5.98. The molecular formula is C11H21BO3. The normalized spacial score (nSPS) is 40.9. The molecule has 1 fully saturated rings. The highest BCUT2D eigenvalue weighted by Crippen LogP contribution is 2.40. The number of rotatable bonds is 5. The zero-order valence-electron chi connectivity index (χ0n) is 10.2. The molecule has 0 aromatic carbocycles. The van der Waals surface area contributed by atoms with Gasteiger partial charge in [0.05, 0.1) is 12.7 Å². The average Bonchev–Trinajstić information content (AvgIpc) is 2.51. The molecule has 0 saturated carbocycles. The summed E-state index contributed by atoms with van der Waals surface area (Å²) in [4.78, 5) is 0. The Balaban J connectivity index is 2.87. The molecule has 0 bridgehead atoms. The molecule has 0 aromatic rings. The van der Waals surface area contributed by atoms with E-state index < -0.39 is 0 Å². The number of methoxy groups -OCH3 is 2. The van der Waals surface area contributed by atoms with E-state index in [1.807, 2.05) is 0 Å². The largest absolute Gasteiger partial charge is 0.382 e. The monoisotopic (exact) mass is 212 g/mol. The molecule has 0 N–H and O–H groups in total. The van der Waals surface area contributed by atoms with Crippen molar-refractivity contribution in [2.24, 2.45) is 5.92 Å². The van der Waals surface area contributed by atoms with Gasteiger partial charge < -0.3 is 14.2 Å². The van der Waals surface area contributed by atoms with E-state index in [4.69, 9.17) is 22.1 Å². The summed E-state index contributed by atoms with van der Waals surface area (Å²) in [6.45, 7) is 4.72. The Morgan fingerprint density at radius 2 is 2.00 bits per heavy atom. The fourth-order valence-corrected chi connectivity index (χ4v) is 2.57. The molecule has 0 amide bonds. The van der Waals surface area contributed by atoms with Crippen LogP contribution >= 0.6 is 0 Å². The third kappa shape index (κ3) is 2.22. The molecule has 86 valence electrons. The van der Waals surface area contributed by atoms with Gasteiger partial charge in [0.1, 0.15) is 13.4 Å². The van der Waals surface area contributed by atoms with E-state index in [1.54, 1.807) is 14.2 Å². The molecule has 1 aliphatic heterocycles. The molecule has 4 heteroatoms. The highest BCUT2D eigenvalue weighted by molar-refractivity contribution is 6.11. The van der Waals surface area contributed by atoms with Crippen LogP contribution in [0.25, 0.3) is 0 Å². The Bertz CT molecular complexity index is 200. The number of hydrogen-bond donors (Lipinski definition) is 0. The van der Waals surface area contributed by atoms with Crippen LogP contribution in [0.15, 0.2) is 0 Å². The summed E-state index contributed by atoms with van der Waals surface area (Å²) < 4.78 is 16.7. The van der Waals surface area contributed by atoms with Crippen LogP contribution in [0.3, 0.4) is 0 Å². The fraction of sp³-hybridized carbons (Fsp3) is 1.00. The topological polar surface area (TPSA) is 27.7 Å². The Kier molecular flexibility index (Phi) is 4.62. The minimum absolute atomic E-state index is 0.0300.